The van der Waals surface area contributed by atoms with Crippen molar-refractivity contribution in [1.29, 1.82) is 0 Å². The zero-order chi connectivity index (χ0) is 11.3. The van der Waals surface area contributed by atoms with Crippen molar-refractivity contribution in [1.82, 2.24) is 0 Å². The summed E-state index contributed by atoms with van der Waals surface area (Å²) in [5, 5.41) is 3.70. The molecule has 0 heterocycles. The highest BCUT2D eigenvalue weighted by Crippen LogP contribution is 2.07. The molecule has 0 aromatic heterocycles. The Kier molecular flexibility index (Phi) is 4.37. The van der Waals surface area contributed by atoms with Crippen molar-refractivity contribution in [2.24, 2.45) is 5.16 Å². The van der Waals surface area contributed by atoms with Crippen LogP contribution in [0.4, 0.5) is 0 Å². The molecule has 0 bridgehead atoms. The van der Waals surface area contributed by atoms with Gasteiger partial charge in [-0.2, -0.15) is 12.6 Å². The number of hydrogen-bond donors (Lipinski definition) is 1. The molecule has 0 amide bonds. The molecule has 1 aromatic carbocycles. The van der Waals surface area contributed by atoms with Crippen LogP contribution in [0.1, 0.15) is 25.0 Å². The topological polar surface area (TPSA) is 38.7 Å². The van der Waals surface area contributed by atoms with Crippen LogP contribution >= 0.6 is 12.6 Å². The number of rotatable bonds is 3. The van der Waals surface area contributed by atoms with Gasteiger partial charge in [-0.1, -0.05) is 29.4 Å². The summed E-state index contributed by atoms with van der Waals surface area (Å²) in [4.78, 5) is 15.1. The van der Waals surface area contributed by atoms with E-state index in [1.165, 1.54) is 6.92 Å². The van der Waals surface area contributed by atoms with Gasteiger partial charge in [-0.25, -0.2) is 4.79 Å². The van der Waals surface area contributed by atoms with Gasteiger partial charge < -0.3 is 4.84 Å². The van der Waals surface area contributed by atoms with E-state index in [0.29, 0.717) is 11.5 Å². The van der Waals surface area contributed by atoms with Crippen LogP contribution < -0.4 is 0 Å². The van der Waals surface area contributed by atoms with E-state index in [2.05, 4.69) is 22.6 Å². The molecule has 80 valence electrons. The monoisotopic (exact) mass is 223 g/mol. The van der Waals surface area contributed by atoms with Crippen molar-refractivity contribution in [2.45, 2.75) is 19.6 Å². The Morgan fingerprint density at radius 1 is 1.33 bits per heavy atom. The van der Waals surface area contributed by atoms with Crippen molar-refractivity contribution in [2.75, 3.05) is 0 Å². The molecule has 0 spiro atoms. The Hall–Kier alpha value is -1.29. The Bertz CT molecular complexity index is 371. The molecule has 0 unspecified atom stereocenters. The van der Waals surface area contributed by atoms with Crippen LogP contribution in [0.25, 0.3) is 0 Å². The number of thiol groups is 1. The van der Waals surface area contributed by atoms with Crippen LogP contribution in [0, 0.1) is 0 Å². The highest BCUT2D eigenvalue weighted by atomic mass is 32.1. The molecule has 3 nitrogen and oxygen atoms in total. The smallest absolute Gasteiger partial charge is 0.318 e. The minimum Gasteiger partial charge on any atom is -0.318 e. The Balaban J connectivity index is 2.77. The third-order valence-corrected chi connectivity index (χ3v) is 2.23. The first kappa shape index (κ1) is 11.8. The van der Waals surface area contributed by atoms with Gasteiger partial charge in [0.05, 0.1) is 5.71 Å². The molecule has 15 heavy (non-hydrogen) atoms. The molecule has 0 fully saturated rings. The fourth-order valence-electron chi connectivity index (χ4n) is 1.04. The number of carbonyl (C=O) groups excluding carboxylic acids is 1. The molecule has 1 aromatic rings. The first-order chi connectivity index (χ1) is 7.13. The van der Waals surface area contributed by atoms with Gasteiger partial charge in [-0.3, -0.25) is 0 Å². The first-order valence-corrected chi connectivity index (χ1v) is 5.19. The molecule has 4 heteroatoms. The van der Waals surface area contributed by atoms with Gasteiger partial charge in [0.25, 0.3) is 0 Å². The van der Waals surface area contributed by atoms with Crippen LogP contribution in [0.3, 0.4) is 0 Å². The van der Waals surface area contributed by atoms with Crippen LogP contribution in [0.5, 0.6) is 0 Å². The van der Waals surface area contributed by atoms with E-state index in [1.807, 2.05) is 24.3 Å². The Morgan fingerprint density at radius 2 is 1.93 bits per heavy atom. The van der Waals surface area contributed by atoms with Gasteiger partial charge in [-0.15, -0.1) is 0 Å². The minimum atomic E-state index is -0.415. The van der Waals surface area contributed by atoms with Crippen LogP contribution in [-0.2, 0) is 15.4 Å². The maximum atomic E-state index is 10.5. The number of hydrogen-bond acceptors (Lipinski definition) is 4. The van der Waals surface area contributed by atoms with E-state index < -0.39 is 5.97 Å². The van der Waals surface area contributed by atoms with Crippen molar-refractivity contribution in [3.63, 3.8) is 0 Å². The summed E-state index contributed by atoms with van der Waals surface area (Å²) in [6.45, 7) is 3.11. The second-order valence-corrected chi connectivity index (χ2v) is 3.43. The SMILES string of the molecule is CC(=O)O/N=C(\C)c1ccc(CS)cc1. The third-order valence-electron chi connectivity index (χ3n) is 1.87. The van der Waals surface area contributed by atoms with Crippen molar-refractivity contribution >= 4 is 24.3 Å². The highest BCUT2D eigenvalue weighted by Gasteiger charge is 1.99. The zero-order valence-corrected chi connectivity index (χ0v) is 9.62. The van der Waals surface area contributed by atoms with Gasteiger partial charge in [0.15, 0.2) is 0 Å². The lowest BCUT2D eigenvalue weighted by Crippen LogP contribution is -1.99. The van der Waals surface area contributed by atoms with E-state index in [1.54, 1.807) is 6.92 Å². The molecule has 0 atom stereocenters. The standard InChI is InChI=1S/C11H13NO2S/c1-8(12-14-9(2)13)11-5-3-10(7-15)4-6-11/h3-6,15H,7H2,1-2H3/b12-8+. The summed E-state index contributed by atoms with van der Waals surface area (Å²) >= 11 is 4.16. The molecule has 0 N–H and O–H groups in total. The predicted octanol–water partition coefficient (Wildman–Crippen LogP) is 2.40. The third kappa shape index (κ3) is 3.75. The highest BCUT2D eigenvalue weighted by molar-refractivity contribution is 7.79. The fourth-order valence-corrected chi connectivity index (χ4v) is 1.25. The summed E-state index contributed by atoms with van der Waals surface area (Å²) in [7, 11) is 0. The van der Waals surface area contributed by atoms with Crippen LogP contribution in [0.15, 0.2) is 29.4 Å². The number of nitrogens with zero attached hydrogens (tertiary/aromatic N) is 1. The van der Waals surface area contributed by atoms with Gasteiger partial charge >= 0.3 is 5.97 Å². The maximum absolute atomic E-state index is 10.5. The predicted molar refractivity (Wildman–Crippen MR) is 63.1 cm³/mol. The average molecular weight is 223 g/mol. The molecule has 0 aliphatic carbocycles. The lowest BCUT2D eigenvalue weighted by atomic mass is 10.1. The van der Waals surface area contributed by atoms with Gasteiger partial charge in [0.2, 0.25) is 0 Å². The lowest BCUT2D eigenvalue weighted by Gasteiger charge is -2.01. The molecular weight excluding hydrogens is 210 g/mol. The van der Waals surface area contributed by atoms with E-state index in [-0.39, 0.29) is 0 Å². The summed E-state index contributed by atoms with van der Waals surface area (Å²) in [6, 6.07) is 7.78. The van der Waals surface area contributed by atoms with Gasteiger partial charge in [0, 0.05) is 12.7 Å². The maximum Gasteiger partial charge on any atom is 0.331 e. The van der Waals surface area contributed by atoms with Gasteiger partial charge in [0.1, 0.15) is 0 Å². The Labute approximate surface area is 94.5 Å². The zero-order valence-electron chi connectivity index (χ0n) is 8.73. The first-order valence-electron chi connectivity index (χ1n) is 4.56. The average Bonchev–Trinajstić information content (AvgIpc) is 2.26. The van der Waals surface area contributed by atoms with E-state index in [9.17, 15) is 4.79 Å². The van der Waals surface area contributed by atoms with Crippen molar-refractivity contribution in [3.05, 3.63) is 35.4 Å². The van der Waals surface area contributed by atoms with Crippen LogP contribution in [0.2, 0.25) is 0 Å². The lowest BCUT2D eigenvalue weighted by molar-refractivity contribution is -0.140. The van der Waals surface area contributed by atoms with Gasteiger partial charge in [-0.05, 0) is 18.1 Å². The second-order valence-electron chi connectivity index (χ2n) is 3.11. The summed E-state index contributed by atoms with van der Waals surface area (Å²) in [5.41, 5.74) is 2.75. The quantitative estimate of drug-likeness (QED) is 0.370. The second kappa shape index (κ2) is 5.56. The summed E-state index contributed by atoms with van der Waals surface area (Å²) < 4.78 is 0. The number of benzene rings is 1. The largest absolute Gasteiger partial charge is 0.331 e. The normalized spacial score (nSPS) is 11.3. The van der Waals surface area contributed by atoms with E-state index in [0.717, 1.165) is 11.1 Å². The van der Waals surface area contributed by atoms with Crippen molar-refractivity contribution in [3.8, 4) is 0 Å². The van der Waals surface area contributed by atoms with Crippen LogP contribution in [-0.4, -0.2) is 11.7 Å². The number of carbonyl (C=O) groups is 1. The van der Waals surface area contributed by atoms with E-state index >= 15 is 0 Å². The summed E-state index contributed by atoms with van der Waals surface area (Å²) in [6.07, 6.45) is 0. The molecular formula is C11H13NO2S. The molecule has 1 rings (SSSR count). The molecule has 0 radical (unpaired) electrons. The minimum absolute atomic E-state index is 0.415. The molecule has 0 saturated heterocycles. The summed E-state index contributed by atoms with van der Waals surface area (Å²) in [5.74, 6) is 0.293. The molecule has 0 aliphatic rings. The number of oxime groups is 1. The molecule has 0 saturated carbocycles. The van der Waals surface area contributed by atoms with E-state index in [4.69, 9.17) is 0 Å². The van der Waals surface area contributed by atoms with Crippen molar-refractivity contribution < 1.29 is 9.63 Å². The fraction of sp³-hybridized carbons (Fsp3) is 0.273. The molecule has 0 aliphatic heterocycles. The Morgan fingerprint density at radius 3 is 2.40 bits per heavy atom.